The van der Waals surface area contributed by atoms with Crippen molar-refractivity contribution in [2.24, 2.45) is 7.05 Å². The summed E-state index contributed by atoms with van der Waals surface area (Å²) in [6, 6.07) is 3.93. The molecule has 0 radical (unpaired) electrons. The van der Waals surface area contributed by atoms with E-state index in [-0.39, 0.29) is 12.8 Å². The van der Waals surface area contributed by atoms with Crippen molar-refractivity contribution in [3.05, 3.63) is 33.9 Å². The molecule has 0 N–H and O–H groups in total. The summed E-state index contributed by atoms with van der Waals surface area (Å²) in [6.45, 7) is 2.80. The zero-order valence-electron chi connectivity index (χ0n) is 12.3. The Morgan fingerprint density at radius 1 is 1.38 bits per heavy atom. The van der Waals surface area contributed by atoms with Gasteiger partial charge in [0, 0.05) is 30.2 Å². The van der Waals surface area contributed by atoms with E-state index < -0.39 is 0 Å². The minimum absolute atomic E-state index is 0.231. The lowest BCUT2D eigenvalue weighted by molar-refractivity contribution is -0.0390. The third-order valence-electron chi connectivity index (χ3n) is 3.05. The molecule has 0 aliphatic heterocycles. The molecule has 2 rings (SSSR count). The molecule has 6 heteroatoms. The van der Waals surface area contributed by atoms with Crippen LogP contribution < -0.4 is 0 Å². The van der Waals surface area contributed by atoms with Gasteiger partial charge >= 0.3 is 5.97 Å². The van der Waals surface area contributed by atoms with Gasteiger partial charge in [0.1, 0.15) is 6.79 Å². The summed E-state index contributed by atoms with van der Waals surface area (Å²) in [4.78, 5) is 12.1. The molecule has 0 amide bonds. The van der Waals surface area contributed by atoms with Gasteiger partial charge in [-0.15, -0.1) is 0 Å². The number of benzene rings is 1. The molecule has 21 heavy (non-hydrogen) atoms. The van der Waals surface area contributed by atoms with Crippen molar-refractivity contribution in [2.75, 3.05) is 20.5 Å². The first kappa shape index (κ1) is 16.0. The lowest BCUT2D eigenvalue weighted by atomic mass is 10.1. The Hall–Kier alpha value is -1.37. The average Bonchev–Trinajstić information content (AvgIpc) is 2.77. The Morgan fingerprint density at radius 3 is 2.81 bits per heavy atom. The highest BCUT2D eigenvalue weighted by Gasteiger charge is 2.17. The van der Waals surface area contributed by atoms with Gasteiger partial charge in [-0.3, -0.25) is 0 Å². The van der Waals surface area contributed by atoms with Gasteiger partial charge in [0.2, 0.25) is 0 Å². The van der Waals surface area contributed by atoms with Gasteiger partial charge in [-0.05, 0) is 40.5 Å². The lowest BCUT2D eigenvalue weighted by Gasteiger charge is -2.07. The van der Waals surface area contributed by atoms with Crippen LogP contribution in [0.5, 0.6) is 0 Å². The first-order chi connectivity index (χ1) is 10.1. The van der Waals surface area contributed by atoms with Crippen LogP contribution >= 0.6 is 15.9 Å². The number of methoxy groups -OCH3 is 1. The zero-order valence-corrected chi connectivity index (χ0v) is 13.9. The number of fused-ring (bicyclic) bond motifs is 1. The predicted octanol–water partition coefficient (Wildman–Crippen LogP) is 3.24. The SMILES string of the molecule is CCOC(=O)c1cn(C)c2c(Br)cc(COCOC)cc12. The smallest absolute Gasteiger partial charge is 0.340 e. The van der Waals surface area contributed by atoms with Crippen LogP contribution in [-0.4, -0.2) is 31.0 Å². The number of hydrogen-bond acceptors (Lipinski definition) is 4. The Bertz CT molecular complexity index is 651. The highest BCUT2D eigenvalue weighted by Crippen LogP contribution is 2.30. The molecule has 0 fully saturated rings. The number of aryl methyl sites for hydroxylation is 1. The topological polar surface area (TPSA) is 49.7 Å². The fourth-order valence-electron chi connectivity index (χ4n) is 2.24. The van der Waals surface area contributed by atoms with Gasteiger partial charge in [0.15, 0.2) is 0 Å². The van der Waals surface area contributed by atoms with E-state index in [0.717, 1.165) is 20.9 Å². The van der Waals surface area contributed by atoms with Crippen molar-refractivity contribution in [2.45, 2.75) is 13.5 Å². The standard InChI is InChI=1S/C15H18BrNO4/c1-4-21-15(18)12-7-17(2)14-11(12)5-10(6-13(14)16)8-20-9-19-3/h5-7H,4,8-9H2,1-3H3. The molecule has 0 aliphatic carbocycles. The minimum Gasteiger partial charge on any atom is -0.462 e. The van der Waals surface area contributed by atoms with Crippen LogP contribution in [0.1, 0.15) is 22.8 Å². The van der Waals surface area contributed by atoms with Gasteiger partial charge in [0.05, 0.1) is 24.3 Å². The zero-order chi connectivity index (χ0) is 15.4. The molecule has 0 saturated heterocycles. The lowest BCUT2D eigenvalue weighted by Crippen LogP contribution is -2.04. The molecular formula is C15H18BrNO4. The highest BCUT2D eigenvalue weighted by atomic mass is 79.9. The number of hydrogen-bond donors (Lipinski definition) is 0. The summed E-state index contributed by atoms with van der Waals surface area (Å²) < 4.78 is 18.2. The van der Waals surface area contributed by atoms with E-state index in [1.54, 1.807) is 20.2 Å². The van der Waals surface area contributed by atoms with Gasteiger partial charge in [0.25, 0.3) is 0 Å². The summed E-state index contributed by atoms with van der Waals surface area (Å²) in [5.74, 6) is -0.315. The van der Waals surface area contributed by atoms with E-state index in [4.69, 9.17) is 14.2 Å². The van der Waals surface area contributed by atoms with Crippen molar-refractivity contribution in [1.29, 1.82) is 0 Å². The predicted molar refractivity (Wildman–Crippen MR) is 83.2 cm³/mol. The van der Waals surface area contributed by atoms with Crippen LogP contribution in [0.3, 0.4) is 0 Å². The molecule has 0 spiro atoms. The van der Waals surface area contributed by atoms with Crippen molar-refractivity contribution in [3.8, 4) is 0 Å². The number of halogens is 1. The summed E-state index contributed by atoms with van der Waals surface area (Å²) in [6.07, 6.45) is 1.78. The second kappa shape index (κ2) is 7.06. The van der Waals surface area contributed by atoms with Gasteiger partial charge in [-0.2, -0.15) is 0 Å². The summed E-state index contributed by atoms with van der Waals surface area (Å²) in [7, 11) is 3.48. The number of rotatable bonds is 6. The van der Waals surface area contributed by atoms with Crippen LogP contribution in [0.2, 0.25) is 0 Å². The molecule has 1 aromatic carbocycles. The summed E-state index contributed by atoms with van der Waals surface area (Å²) >= 11 is 3.55. The number of nitrogens with zero attached hydrogens (tertiary/aromatic N) is 1. The first-order valence-electron chi connectivity index (χ1n) is 6.59. The number of carbonyl (C=O) groups is 1. The Balaban J connectivity index is 2.44. The average molecular weight is 356 g/mol. The first-order valence-corrected chi connectivity index (χ1v) is 7.39. The molecule has 0 saturated carbocycles. The van der Waals surface area contributed by atoms with Crippen LogP contribution in [0.25, 0.3) is 10.9 Å². The molecule has 0 atom stereocenters. The number of ether oxygens (including phenoxy) is 3. The molecule has 114 valence electrons. The highest BCUT2D eigenvalue weighted by molar-refractivity contribution is 9.10. The monoisotopic (exact) mass is 355 g/mol. The molecule has 0 unspecified atom stereocenters. The molecule has 1 heterocycles. The van der Waals surface area contributed by atoms with E-state index >= 15 is 0 Å². The maximum atomic E-state index is 12.1. The molecule has 2 aromatic rings. The van der Waals surface area contributed by atoms with Gasteiger partial charge in [-0.25, -0.2) is 4.79 Å². The maximum Gasteiger partial charge on any atom is 0.340 e. The number of esters is 1. The summed E-state index contributed by atoms with van der Waals surface area (Å²) in [5.41, 5.74) is 2.47. The molecule has 0 bridgehead atoms. The van der Waals surface area contributed by atoms with Crippen molar-refractivity contribution < 1.29 is 19.0 Å². The molecule has 1 aromatic heterocycles. The van der Waals surface area contributed by atoms with Crippen molar-refractivity contribution >= 4 is 32.8 Å². The fourth-order valence-corrected chi connectivity index (χ4v) is 3.03. The Morgan fingerprint density at radius 2 is 2.14 bits per heavy atom. The molecule has 5 nitrogen and oxygen atoms in total. The van der Waals surface area contributed by atoms with E-state index in [0.29, 0.717) is 18.8 Å². The van der Waals surface area contributed by atoms with Crippen LogP contribution in [-0.2, 0) is 27.9 Å². The normalized spacial score (nSPS) is 11.0. The second-order valence-electron chi connectivity index (χ2n) is 4.60. The van der Waals surface area contributed by atoms with Crippen molar-refractivity contribution in [3.63, 3.8) is 0 Å². The van der Waals surface area contributed by atoms with E-state index in [1.165, 1.54) is 0 Å². The second-order valence-corrected chi connectivity index (χ2v) is 5.46. The van der Waals surface area contributed by atoms with Crippen LogP contribution in [0.15, 0.2) is 22.8 Å². The number of carbonyl (C=O) groups excluding carboxylic acids is 1. The Labute approximate surface area is 131 Å². The Kier molecular flexibility index (Phi) is 5.39. The quantitative estimate of drug-likeness (QED) is 0.453. The third kappa shape index (κ3) is 3.45. The van der Waals surface area contributed by atoms with E-state index in [2.05, 4.69) is 15.9 Å². The van der Waals surface area contributed by atoms with E-state index in [9.17, 15) is 4.79 Å². The van der Waals surface area contributed by atoms with Crippen molar-refractivity contribution in [1.82, 2.24) is 4.57 Å². The van der Waals surface area contributed by atoms with Gasteiger partial charge in [-0.1, -0.05) is 0 Å². The minimum atomic E-state index is -0.315. The third-order valence-corrected chi connectivity index (χ3v) is 3.66. The summed E-state index contributed by atoms with van der Waals surface area (Å²) in [5, 5.41) is 0.848. The van der Waals surface area contributed by atoms with Crippen LogP contribution in [0, 0.1) is 0 Å². The number of aromatic nitrogens is 1. The fraction of sp³-hybridized carbons (Fsp3) is 0.400. The molecular weight excluding hydrogens is 338 g/mol. The molecule has 0 aliphatic rings. The van der Waals surface area contributed by atoms with Gasteiger partial charge < -0.3 is 18.8 Å². The van der Waals surface area contributed by atoms with E-state index in [1.807, 2.05) is 23.7 Å². The maximum absolute atomic E-state index is 12.1. The largest absolute Gasteiger partial charge is 0.462 e. The van der Waals surface area contributed by atoms with Crippen LogP contribution in [0.4, 0.5) is 0 Å².